The Bertz CT molecular complexity index is 1020. The number of benzene rings is 2. The number of ketones is 2. The highest BCUT2D eigenvalue weighted by atomic mass is 16.5. The molecule has 0 bridgehead atoms. The second-order valence-electron chi connectivity index (χ2n) is 7.82. The summed E-state index contributed by atoms with van der Waals surface area (Å²) in [5, 5.41) is 12.7. The average molecular weight is 393 g/mol. The third-order valence-corrected chi connectivity index (χ3v) is 4.88. The molecule has 0 unspecified atom stereocenters. The minimum absolute atomic E-state index is 0.109. The summed E-state index contributed by atoms with van der Waals surface area (Å²) in [6.45, 7) is 4.05. The number of Topliss-reactive ketones (excluding diaryl/α,β-unsaturated/α-hetero) is 1. The summed E-state index contributed by atoms with van der Waals surface area (Å²) in [6, 6.07) is 11.2. The molecule has 2 aromatic carbocycles. The number of allylic oxidation sites excluding steroid dienone is 2. The van der Waals surface area contributed by atoms with Crippen LogP contribution in [0.2, 0.25) is 0 Å². The van der Waals surface area contributed by atoms with E-state index in [0.717, 1.165) is 0 Å². The Morgan fingerprint density at radius 1 is 1.10 bits per heavy atom. The molecular weight excluding hydrogens is 370 g/mol. The molecule has 0 saturated carbocycles. The summed E-state index contributed by atoms with van der Waals surface area (Å²) < 4.78 is 5.09. The van der Waals surface area contributed by atoms with Gasteiger partial charge in [-0.2, -0.15) is 0 Å². The van der Waals surface area contributed by atoms with Gasteiger partial charge >= 0.3 is 0 Å². The fraction of sp³-hybridized carbons (Fsp3) is 0.261. The van der Waals surface area contributed by atoms with E-state index in [0.29, 0.717) is 28.9 Å². The number of carbonyl (C=O) groups is 3. The lowest BCUT2D eigenvalue weighted by Gasteiger charge is -2.27. The molecule has 0 spiro atoms. The van der Waals surface area contributed by atoms with E-state index in [-0.39, 0.29) is 29.4 Å². The number of hydrogen-bond acceptors (Lipinski definition) is 5. The molecule has 0 atom stereocenters. The normalized spacial score (nSPS) is 13.6. The third-order valence-electron chi connectivity index (χ3n) is 4.88. The summed E-state index contributed by atoms with van der Waals surface area (Å²) >= 11 is 0. The standard InChI is InChI=1S/C23H23NO5/c1-23(2,13-24-22(28)18-11-15(29-3)8-9-19(18)25)12-14-10-20(26)16-6-4-5-7-17(16)21(14)27/h4-11,25H,12-13H2,1-3H3,(H,24,28). The number of phenolic OH excluding ortho intramolecular Hbond substituents is 1. The van der Waals surface area contributed by atoms with Crippen molar-refractivity contribution in [3.8, 4) is 11.5 Å². The molecule has 0 aliphatic heterocycles. The number of methoxy groups -OCH3 is 1. The SMILES string of the molecule is COc1ccc(O)c(C(=O)NCC(C)(C)CC2=CC(=O)c3ccccc3C2=O)c1. The van der Waals surface area contributed by atoms with Crippen molar-refractivity contribution in [2.75, 3.05) is 13.7 Å². The maximum atomic E-state index is 12.8. The summed E-state index contributed by atoms with van der Waals surface area (Å²) in [5.74, 6) is -0.475. The second-order valence-corrected chi connectivity index (χ2v) is 7.82. The monoisotopic (exact) mass is 393 g/mol. The van der Waals surface area contributed by atoms with Gasteiger partial charge in [-0.25, -0.2) is 0 Å². The zero-order valence-corrected chi connectivity index (χ0v) is 16.6. The molecule has 150 valence electrons. The highest BCUT2D eigenvalue weighted by Gasteiger charge is 2.30. The van der Waals surface area contributed by atoms with Gasteiger partial charge in [0.25, 0.3) is 5.91 Å². The van der Waals surface area contributed by atoms with Gasteiger partial charge in [-0.3, -0.25) is 14.4 Å². The van der Waals surface area contributed by atoms with Crippen molar-refractivity contribution in [1.29, 1.82) is 0 Å². The molecule has 0 saturated heterocycles. The molecule has 1 aliphatic rings. The Kier molecular flexibility index (Phi) is 5.55. The zero-order chi connectivity index (χ0) is 21.2. The van der Waals surface area contributed by atoms with Crippen LogP contribution in [-0.2, 0) is 0 Å². The second kappa shape index (κ2) is 7.91. The molecule has 0 fully saturated rings. The fourth-order valence-electron chi connectivity index (χ4n) is 3.32. The first-order valence-electron chi connectivity index (χ1n) is 9.26. The minimum atomic E-state index is -0.488. The van der Waals surface area contributed by atoms with Crippen molar-refractivity contribution < 1.29 is 24.2 Å². The van der Waals surface area contributed by atoms with Gasteiger partial charge in [-0.15, -0.1) is 0 Å². The Balaban J connectivity index is 1.70. The number of carbonyl (C=O) groups excluding carboxylic acids is 3. The number of ether oxygens (including phenoxy) is 1. The van der Waals surface area contributed by atoms with Crippen molar-refractivity contribution in [3.63, 3.8) is 0 Å². The van der Waals surface area contributed by atoms with Crippen LogP contribution in [0.15, 0.2) is 54.1 Å². The Morgan fingerprint density at radius 2 is 1.79 bits per heavy atom. The van der Waals surface area contributed by atoms with Crippen LogP contribution >= 0.6 is 0 Å². The first-order valence-corrected chi connectivity index (χ1v) is 9.26. The molecule has 0 heterocycles. The summed E-state index contributed by atoms with van der Waals surface area (Å²) in [7, 11) is 1.48. The average Bonchev–Trinajstić information content (AvgIpc) is 2.70. The van der Waals surface area contributed by atoms with Crippen LogP contribution < -0.4 is 10.1 Å². The molecule has 0 aromatic heterocycles. The van der Waals surface area contributed by atoms with Crippen molar-refractivity contribution in [1.82, 2.24) is 5.32 Å². The van der Waals surface area contributed by atoms with Gasteiger partial charge in [0.2, 0.25) is 0 Å². The van der Waals surface area contributed by atoms with Crippen LogP contribution in [0.4, 0.5) is 0 Å². The first-order chi connectivity index (χ1) is 13.7. The maximum absolute atomic E-state index is 12.8. The van der Waals surface area contributed by atoms with E-state index in [1.54, 1.807) is 30.3 Å². The highest BCUT2D eigenvalue weighted by molar-refractivity contribution is 6.24. The predicted octanol–water partition coefficient (Wildman–Crippen LogP) is 3.55. The number of rotatable bonds is 6. The van der Waals surface area contributed by atoms with Gasteiger partial charge < -0.3 is 15.2 Å². The molecule has 1 aliphatic carbocycles. The van der Waals surface area contributed by atoms with E-state index in [4.69, 9.17) is 4.74 Å². The molecule has 29 heavy (non-hydrogen) atoms. The topological polar surface area (TPSA) is 92.7 Å². The van der Waals surface area contributed by atoms with Crippen molar-refractivity contribution in [3.05, 3.63) is 70.8 Å². The summed E-state index contributed by atoms with van der Waals surface area (Å²) in [6.07, 6.45) is 1.72. The Labute approximate surface area is 169 Å². The first kappa shape index (κ1) is 20.3. The van der Waals surface area contributed by atoms with E-state index in [1.165, 1.54) is 25.3 Å². The number of fused-ring (bicyclic) bond motifs is 1. The van der Waals surface area contributed by atoms with E-state index in [1.807, 2.05) is 13.8 Å². The van der Waals surface area contributed by atoms with Crippen molar-refractivity contribution in [2.45, 2.75) is 20.3 Å². The molecule has 1 amide bonds. The van der Waals surface area contributed by atoms with Crippen LogP contribution in [-0.4, -0.2) is 36.2 Å². The number of aromatic hydroxyl groups is 1. The number of nitrogens with one attached hydrogen (secondary N) is 1. The van der Waals surface area contributed by atoms with Crippen LogP contribution in [0.5, 0.6) is 11.5 Å². The quantitative estimate of drug-likeness (QED) is 0.783. The lowest BCUT2D eigenvalue weighted by molar-refractivity contribution is 0.0929. The third kappa shape index (κ3) is 4.37. The van der Waals surface area contributed by atoms with Crippen molar-refractivity contribution >= 4 is 17.5 Å². The van der Waals surface area contributed by atoms with Gasteiger partial charge in [0.15, 0.2) is 11.6 Å². The number of hydrogen-bond donors (Lipinski definition) is 2. The smallest absolute Gasteiger partial charge is 0.255 e. The van der Waals surface area contributed by atoms with E-state index in [2.05, 4.69) is 5.32 Å². The Morgan fingerprint density at radius 3 is 2.48 bits per heavy atom. The van der Waals surface area contributed by atoms with Crippen LogP contribution in [0.25, 0.3) is 0 Å². The van der Waals surface area contributed by atoms with Crippen molar-refractivity contribution in [2.24, 2.45) is 5.41 Å². The minimum Gasteiger partial charge on any atom is -0.507 e. The van der Waals surface area contributed by atoms with Gasteiger partial charge in [0.05, 0.1) is 12.7 Å². The summed E-state index contributed by atoms with van der Waals surface area (Å²) in [5.41, 5.74) is 0.879. The van der Waals surface area contributed by atoms with E-state index >= 15 is 0 Å². The van der Waals surface area contributed by atoms with Crippen LogP contribution in [0.3, 0.4) is 0 Å². The van der Waals surface area contributed by atoms with Gasteiger partial charge in [0.1, 0.15) is 11.5 Å². The lowest BCUT2D eigenvalue weighted by Crippen LogP contribution is -2.35. The van der Waals surface area contributed by atoms with Gasteiger partial charge in [0, 0.05) is 23.2 Å². The molecule has 2 N–H and O–H groups in total. The molecule has 6 heteroatoms. The van der Waals surface area contributed by atoms with E-state index < -0.39 is 11.3 Å². The van der Waals surface area contributed by atoms with E-state index in [9.17, 15) is 19.5 Å². The largest absolute Gasteiger partial charge is 0.507 e. The number of amides is 1. The molecule has 6 nitrogen and oxygen atoms in total. The lowest BCUT2D eigenvalue weighted by atomic mass is 9.79. The molecular formula is C23H23NO5. The molecule has 3 rings (SSSR count). The molecule has 2 aromatic rings. The highest BCUT2D eigenvalue weighted by Crippen LogP contribution is 2.31. The Hall–Kier alpha value is -3.41. The molecule has 0 radical (unpaired) electrons. The number of phenols is 1. The van der Waals surface area contributed by atoms with Crippen LogP contribution in [0, 0.1) is 5.41 Å². The zero-order valence-electron chi connectivity index (χ0n) is 16.6. The predicted molar refractivity (Wildman–Crippen MR) is 109 cm³/mol. The van der Waals surface area contributed by atoms with Gasteiger partial charge in [-0.1, -0.05) is 38.1 Å². The summed E-state index contributed by atoms with van der Waals surface area (Å²) in [4.78, 5) is 37.6. The van der Waals surface area contributed by atoms with Crippen LogP contribution in [0.1, 0.15) is 51.3 Å². The fourth-order valence-corrected chi connectivity index (χ4v) is 3.32. The maximum Gasteiger partial charge on any atom is 0.255 e. The van der Waals surface area contributed by atoms with Gasteiger partial charge in [-0.05, 0) is 36.1 Å².